The molecule has 1 atom stereocenters. The zero-order valence-electron chi connectivity index (χ0n) is 18.0. The fraction of sp³-hybridized carbons (Fsp3) is 0.333. The minimum absolute atomic E-state index is 0.154. The lowest BCUT2D eigenvalue weighted by Gasteiger charge is -2.13. The number of methoxy groups -OCH3 is 1. The molecule has 0 aliphatic rings. The molecule has 0 saturated carbocycles. The second kappa shape index (κ2) is 10.1. The number of aromatic nitrogens is 2. The van der Waals surface area contributed by atoms with Crippen molar-refractivity contribution in [1.29, 1.82) is 0 Å². The average Bonchev–Trinajstić information content (AvgIpc) is 3.20. The highest BCUT2D eigenvalue weighted by Gasteiger charge is 2.20. The summed E-state index contributed by atoms with van der Waals surface area (Å²) in [6, 6.07) is 14.2. The Morgan fingerprint density at radius 3 is 2.55 bits per heavy atom. The van der Waals surface area contributed by atoms with E-state index < -0.39 is 12.1 Å². The highest BCUT2D eigenvalue weighted by atomic mass is 16.5. The lowest BCUT2D eigenvalue weighted by molar-refractivity contribution is 0.0697. The summed E-state index contributed by atoms with van der Waals surface area (Å²) in [5.74, 6) is 0.233. The van der Waals surface area contributed by atoms with Crippen molar-refractivity contribution in [3.63, 3.8) is 0 Å². The largest absolute Gasteiger partial charge is 0.496 e. The summed E-state index contributed by atoms with van der Waals surface area (Å²) >= 11 is 0. The van der Waals surface area contributed by atoms with E-state index in [2.05, 4.69) is 0 Å². The summed E-state index contributed by atoms with van der Waals surface area (Å²) in [5.41, 5.74) is 2.91. The first kappa shape index (κ1) is 22.4. The molecule has 0 aliphatic carbocycles. The molecule has 3 aromatic rings. The number of hydrogen-bond acceptors (Lipinski definition) is 5. The summed E-state index contributed by atoms with van der Waals surface area (Å²) in [6.45, 7) is 4.72. The average molecular weight is 424 g/mol. The van der Waals surface area contributed by atoms with Gasteiger partial charge < -0.3 is 19.7 Å². The third kappa shape index (κ3) is 5.06. The van der Waals surface area contributed by atoms with Crippen molar-refractivity contribution in [2.75, 3.05) is 13.7 Å². The number of aliphatic hydroxyl groups excluding tert-OH is 1. The Morgan fingerprint density at radius 1 is 1.10 bits per heavy atom. The monoisotopic (exact) mass is 424 g/mol. The standard InChI is InChI=1S/C24H28N2O5/c1-4-12-31-23-11-10-16(24(28)29)13-19(23)20-14-21(26(25-20)15-17(27)5-2)18-8-6-7-9-22(18)30-3/h6-11,13-14,17,27H,4-5,12,15H2,1-3H3,(H,28,29)/t17-/m1/s1. The maximum absolute atomic E-state index is 11.6. The van der Waals surface area contributed by atoms with Crippen molar-refractivity contribution in [2.45, 2.75) is 39.3 Å². The van der Waals surface area contributed by atoms with Crippen molar-refractivity contribution in [2.24, 2.45) is 0 Å². The van der Waals surface area contributed by atoms with Crippen molar-refractivity contribution in [1.82, 2.24) is 9.78 Å². The van der Waals surface area contributed by atoms with Gasteiger partial charge >= 0.3 is 5.97 Å². The molecule has 1 aromatic heterocycles. The summed E-state index contributed by atoms with van der Waals surface area (Å²) in [4.78, 5) is 11.6. The van der Waals surface area contributed by atoms with Gasteiger partial charge in [0.05, 0.1) is 43.3 Å². The molecule has 0 radical (unpaired) electrons. The van der Waals surface area contributed by atoms with Crippen LogP contribution >= 0.6 is 0 Å². The second-order valence-electron chi connectivity index (χ2n) is 7.22. The number of carboxylic acid groups (broad SMARTS) is 1. The van der Waals surface area contributed by atoms with Crippen LogP contribution in [0.4, 0.5) is 0 Å². The van der Waals surface area contributed by atoms with Crippen LogP contribution in [0.2, 0.25) is 0 Å². The molecule has 0 amide bonds. The maximum atomic E-state index is 11.6. The molecule has 1 heterocycles. The number of aromatic carboxylic acids is 1. The SMILES string of the molecule is CCCOc1ccc(C(=O)O)cc1-c1cc(-c2ccccc2OC)n(C[C@H](O)CC)n1. The van der Waals surface area contributed by atoms with Crippen LogP contribution in [-0.4, -0.2) is 45.8 Å². The van der Waals surface area contributed by atoms with Crippen LogP contribution in [0.3, 0.4) is 0 Å². The van der Waals surface area contributed by atoms with E-state index in [0.29, 0.717) is 42.3 Å². The topological polar surface area (TPSA) is 93.8 Å². The van der Waals surface area contributed by atoms with Crippen molar-refractivity contribution in [3.8, 4) is 34.0 Å². The van der Waals surface area contributed by atoms with E-state index in [1.807, 2.05) is 44.2 Å². The van der Waals surface area contributed by atoms with Gasteiger partial charge in [-0.15, -0.1) is 0 Å². The van der Waals surface area contributed by atoms with Gasteiger partial charge in [-0.1, -0.05) is 26.0 Å². The van der Waals surface area contributed by atoms with E-state index in [0.717, 1.165) is 17.7 Å². The number of aliphatic hydroxyl groups is 1. The number of hydrogen-bond donors (Lipinski definition) is 2. The van der Waals surface area contributed by atoms with Gasteiger partial charge in [0.25, 0.3) is 0 Å². The first-order valence-corrected chi connectivity index (χ1v) is 10.4. The van der Waals surface area contributed by atoms with Crippen molar-refractivity contribution < 1.29 is 24.5 Å². The van der Waals surface area contributed by atoms with E-state index in [1.54, 1.807) is 23.9 Å². The Labute approximate surface area is 181 Å². The number of carboxylic acids is 1. The molecule has 164 valence electrons. The quantitative estimate of drug-likeness (QED) is 0.498. The molecule has 7 nitrogen and oxygen atoms in total. The minimum Gasteiger partial charge on any atom is -0.496 e. The zero-order valence-corrected chi connectivity index (χ0v) is 18.0. The molecule has 3 rings (SSSR count). The van der Waals surface area contributed by atoms with Gasteiger partial charge in [0.15, 0.2) is 0 Å². The Bertz CT molecular complexity index is 1040. The number of benzene rings is 2. The van der Waals surface area contributed by atoms with Gasteiger partial charge in [-0.3, -0.25) is 4.68 Å². The first-order valence-electron chi connectivity index (χ1n) is 10.4. The molecule has 0 fully saturated rings. The smallest absolute Gasteiger partial charge is 0.335 e. The molecule has 7 heteroatoms. The molecule has 0 bridgehead atoms. The Balaban J connectivity index is 2.18. The van der Waals surface area contributed by atoms with Gasteiger partial charge in [0.1, 0.15) is 11.5 Å². The van der Waals surface area contributed by atoms with Crippen LogP contribution in [-0.2, 0) is 6.54 Å². The third-order valence-corrected chi connectivity index (χ3v) is 4.98. The van der Waals surface area contributed by atoms with E-state index in [1.165, 1.54) is 6.07 Å². The highest BCUT2D eigenvalue weighted by Crippen LogP contribution is 2.36. The van der Waals surface area contributed by atoms with Gasteiger partial charge in [-0.05, 0) is 49.2 Å². The van der Waals surface area contributed by atoms with Gasteiger partial charge in [0, 0.05) is 11.1 Å². The molecular formula is C24H28N2O5. The van der Waals surface area contributed by atoms with Crippen molar-refractivity contribution in [3.05, 3.63) is 54.1 Å². The number of ether oxygens (including phenoxy) is 2. The number of carbonyl (C=O) groups is 1. The fourth-order valence-corrected chi connectivity index (χ4v) is 3.29. The van der Waals surface area contributed by atoms with Crippen molar-refractivity contribution >= 4 is 5.97 Å². The second-order valence-corrected chi connectivity index (χ2v) is 7.22. The van der Waals surface area contributed by atoms with Gasteiger partial charge in [-0.2, -0.15) is 5.10 Å². The fourth-order valence-electron chi connectivity index (χ4n) is 3.29. The van der Waals surface area contributed by atoms with Crippen LogP contribution in [0.15, 0.2) is 48.5 Å². The normalized spacial score (nSPS) is 11.9. The zero-order chi connectivity index (χ0) is 22.4. The van der Waals surface area contributed by atoms with Gasteiger partial charge in [0.2, 0.25) is 0 Å². The van der Waals surface area contributed by atoms with Crippen LogP contribution in [0, 0.1) is 0 Å². The maximum Gasteiger partial charge on any atom is 0.335 e. The molecule has 0 aliphatic heterocycles. The van der Waals surface area contributed by atoms with Gasteiger partial charge in [-0.25, -0.2) is 4.79 Å². The van der Waals surface area contributed by atoms with Crippen LogP contribution in [0.1, 0.15) is 37.0 Å². The third-order valence-electron chi connectivity index (χ3n) is 4.98. The summed E-state index contributed by atoms with van der Waals surface area (Å²) in [7, 11) is 1.61. The van der Waals surface area contributed by atoms with E-state index in [9.17, 15) is 15.0 Å². The predicted octanol–water partition coefficient (Wildman–Crippen LogP) is 4.48. The van der Waals surface area contributed by atoms with Crippen LogP contribution in [0.25, 0.3) is 22.5 Å². The summed E-state index contributed by atoms with van der Waals surface area (Å²) in [5, 5.41) is 24.5. The first-order chi connectivity index (χ1) is 15.0. The van der Waals surface area contributed by atoms with E-state index in [-0.39, 0.29) is 5.56 Å². The Hall–Kier alpha value is -3.32. The molecule has 2 aromatic carbocycles. The molecule has 0 spiro atoms. The Kier molecular flexibility index (Phi) is 7.31. The van der Waals surface area contributed by atoms with E-state index >= 15 is 0 Å². The Morgan fingerprint density at radius 2 is 1.87 bits per heavy atom. The molecule has 0 saturated heterocycles. The van der Waals surface area contributed by atoms with E-state index in [4.69, 9.17) is 14.6 Å². The number of nitrogens with zero attached hydrogens (tertiary/aromatic N) is 2. The lowest BCUT2D eigenvalue weighted by Crippen LogP contribution is -2.16. The molecule has 0 unspecified atom stereocenters. The predicted molar refractivity (Wildman–Crippen MR) is 119 cm³/mol. The number of rotatable bonds is 10. The molecule has 2 N–H and O–H groups in total. The minimum atomic E-state index is -1.02. The summed E-state index contributed by atoms with van der Waals surface area (Å²) in [6.07, 6.45) is 0.839. The molecule has 31 heavy (non-hydrogen) atoms. The molecular weight excluding hydrogens is 396 g/mol. The van der Waals surface area contributed by atoms with Crippen LogP contribution in [0.5, 0.6) is 11.5 Å². The highest BCUT2D eigenvalue weighted by molar-refractivity contribution is 5.90. The lowest BCUT2D eigenvalue weighted by atomic mass is 10.0. The van der Waals surface area contributed by atoms with Crippen LogP contribution < -0.4 is 9.47 Å². The summed E-state index contributed by atoms with van der Waals surface area (Å²) < 4.78 is 13.1. The number of para-hydroxylation sites is 1.